The maximum atomic E-state index is 12.3. The molecule has 1 heterocycles. The van der Waals surface area contributed by atoms with Crippen molar-refractivity contribution in [3.05, 3.63) is 65.2 Å². The van der Waals surface area contributed by atoms with E-state index < -0.39 is 40.3 Å². The standard InChI is InChI=1S/C19H17N3O7S/c1-21(2)30(27,28)13-7-5-6-12(10-13)17(24)20-11-16(23)29-22-18(25)14-8-3-4-9-15(14)19(22)26/h3-10H,11H2,1-2H3,(H,20,24). The van der Waals surface area contributed by atoms with E-state index in [1.807, 2.05) is 0 Å². The first-order valence-corrected chi connectivity index (χ1v) is 10.1. The molecule has 3 rings (SSSR count). The summed E-state index contributed by atoms with van der Waals surface area (Å²) in [6.07, 6.45) is 0. The van der Waals surface area contributed by atoms with Crippen molar-refractivity contribution in [2.75, 3.05) is 20.6 Å². The second-order valence-electron chi connectivity index (χ2n) is 6.41. The second-order valence-corrected chi connectivity index (χ2v) is 8.56. The molecule has 0 aliphatic carbocycles. The number of sulfonamides is 1. The molecule has 2 aromatic rings. The van der Waals surface area contributed by atoms with Crippen molar-refractivity contribution < 1.29 is 32.4 Å². The number of benzene rings is 2. The van der Waals surface area contributed by atoms with Crippen molar-refractivity contribution in [2.24, 2.45) is 0 Å². The third kappa shape index (κ3) is 3.93. The minimum atomic E-state index is -3.74. The number of hydrogen-bond donors (Lipinski definition) is 1. The molecule has 30 heavy (non-hydrogen) atoms. The zero-order valence-corrected chi connectivity index (χ0v) is 16.8. The topological polar surface area (TPSA) is 130 Å². The molecule has 10 nitrogen and oxygen atoms in total. The Kier molecular flexibility index (Phi) is 5.67. The quantitative estimate of drug-likeness (QED) is 0.656. The highest BCUT2D eigenvalue weighted by Crippen LogP contribution is 2.22. The van der Waals surface area contributed by atoms with E-state index in [1.165, 1.54) is 50.5 Å². The van der Waals surface area contributed by atoms with Crippen LogP contribution in [0.15, 0.2) is 53.4 Å². The number of amides is 3. The van der Waals surface area contributed by atoms with Crippen LogP contribution < -0.4 is 5.32 Å². The van der Waals surface area contributed by atoms with Gasteiger partial charge in [0.2, 0.25) is 10.0 Å². The monoisotopic (exact) mass is 431 g/mol. The normalized spacial score (nSPS) is 13.4. The van der Waals surface area contributed by atoms with Crippen LogP contribution in [0, 0.1) is 0 Å². The van der Waals surface area contributed by atoms with Gasteiger partial charge >= 0.3 is 5.97 Å². The van der Waals surface area contributed by atoms with Crippen LogP contribution >= 0.6 is 0 Å². The molecule has 3 amide bonds. The minimum absolute atomic E-state index is 0.00598. The summed E-state index contributed by atoms with van der Waals surface area (Å²) in [5.74, 6) is -3.34. The SMILES string of the molecule is CN(C)S(=O)(=O)c1cccc(C(=O)NCC(=O)ON2C(=O)c3ccccc3C2=O)c1. The van der Waals surface area contributed by atoms with E-state index in [-0.39, 0.29) is 21.6 Å². The maximum Gasteiger partial charge on any atom is 0.352 e. The lowest BCUT2D eigenvalue weighted by Crippen LogP contribution is -2.38. The molecule has 0 radical (unpaired) electrons. The molecule has 1 aliphatic rings. The van der Waals surface area contributed by atoms with Gasteiger partial charge < -0.3 is 10.2 Å². The fourth-order valence-electron chi connectivity index (χ4n) is 2.65. The molecule has 1 N–H and O–H groups in total. The van der Waals surface area contributed by atoms with Gasteiger partial charge in [0, 0.05) is 19.7 Å². The Balaban J connectivity index is 1.63. The molecule has 0 saturated carbocycles. The number of nitrogens with one attached hydrogen (secondary N) is 1. The van der Waals surface area contributed by atoms with E-state index in [1.54, 1.807) is 12.1 Å². The molecule has 0 saturated heterocycles. The molecular formula is C19H17N3O7S. The first-order valence-electron chi connectivity index (χ1n) is 8.62. The first-order chi connectivity index (χ1) is 14.1. The summed E-state index contributed by atoms with van der Waals surface area (Å²) in [7, 11) is -1.02. The van der Waals surface area contributed by atoms with E-state index in [0.717, 1.165) is 4.31 Å². The molecular weight excluding hydrogens is 414 g/mol. The van der Waals surface area contributed by atoms with E-state index >= 15 is 0 Å². The van der Waals surface area contributed by atoms with Gasteiger partial charge in [-0.3, -0.25) is 14.4 Å². The molecule has 0 aromatic heterocycles. The minimum Gasteiger partial charge on any atom is -0.341 e. The predicted molar refractivity (Wildman–Crippen MR) is 103 cm³/mol. The molecule has 156 valence electrons. The van der Waals surface area contributed by atoms with Crippen LogP contribution in [0.25, 0.3) is 0 Å². The van der Waals surface area contributed by atoms with Crippen molar-refractivity contribution >= 4 is 33.7 Å². The molecule has 2 aromatic carbocycles. The fourth-order valence-corrected chi connectivity index (χ4v) is 3.60. The maximum absolute atomic E-state index is 12.3. The van der Waals surface area contributed by atoms with Gasteiger partial charge in [-0.15, -0.1) is 0 Å². The highest BCUT2D eigenvalue weighted by molar-refractivity contribution is 7.89. The predicted octanol–water partition coefficient (Wildman–Crippen LogP) is 0.421. The molecule has 0 atom stereocenters. The van der Waals surface area contributed by atoms with Crippen LogP contribution in [-0.2, 0) is 19.7 Å². The van der Waals surface area contributed by atoms with Crippen LogP contribution in [0.1, 0.15) is 31.1 Å². The Morgan fingerprint density at radius 2 is 1.60 bits per heavy atom. The summed E-state index contributed by atoms with van der Waals surface area (Å²) in [5.41, 5.74) is 0.225. The average Bonchev–Trinajstić information content (AvgIpc) is 2.97. The average molecular weight is 431 g/mol. The van der Waals surface area contributed by atoms with Gasteiger partial charge in [-0.25, -0.2) is 17.5 Å². The van der Waals surface area contributed by atoms with Gasteiger partial charge in [0.1, 0.15) is 6.54 Å². The summed E-state index contributed by atoms with van der Waals surface area (Å²) in [4.78, 5) is 53.3. The Labute approximate surface area is 172 Å². The molecule has 0 spiro atoms. The lowest BCUT2D eigenvalue weighted by atomic mass is 10.1. The number of rotatable bonds is 6. The Morgan fingerprint density at radius 3 is 2.17 bits per heavy atom. The Bertz CT molecular complexity index is 1120. The Morgan fingerprint density at radius 1 is 1.00 bits per heavy atom. The zero-order chi connectivity index (χ0) is 22.1. The molecule has 0 fully saturated rings. The second kappa shape index (κ2) is 8.05. The van der Waals surface area contributed by atoms with Crippen LogP contribution in [0.2, 0.25) is 0 Å². The lowest BCUT2D eigenvalue weighted by molar-refractivity contribution is -0.167. The number of hydroxylamine groups is 2. The zero-order valence-electron chi connectivity index (χ0n) is 16.0. The number of hydrogen-bond acceptors (Lipinski definition) is 7. The lowest BCUT2D eigenvalue weighted by Gasteiger charge is -2.14. The van der Waals surface area contributed by atoms with Crippen LogP contribution in [-0.4, -0.2) is 62.1 Å². The van der Waals surface area contributed by atoms with Gasteiger partial charge in [0.15, 0.2) is 0 Å². The summed E-state index contributed by atoms with van der Waals surface area (Å²) in [6, 6.07) is 11.3. The number of imide groups is 1. The number of carbonyl (C=O) groups excluding carboxylic acids is 4. The molecule has 0 bridgehead atoms. The Hall–Kier alpha value is -3.57. The van der Waals surface area contributed by atoms with Gasteiger partial charge in [0.25, 0.3) is 17.7 Å². The highest BCUT2D eigenvalue weighted by atomic mass is 32.2. The van der Waals surface area contributed by atoms with Gasteiger partial charge in [0.05, 0.1) is 16.0 Å². The summed E-state index contributed by atoms with van der Waals surface area (Å²) in [6.45, 7) is -0.642. The van der Waals surface area contributed by atoms with Crippen molar-refractivity contribution in [2.45, 2.75) is 4.90 Å². The van der Waals surface area contributed by atoms with E-state index in [0.29, 0.717) is 5.06 Å². The van der Waals surface area contributed by atoms with Crippen molar-refractivity contribution in [1.82, 2.24) is 14.7 Å². The number of nitrogens with zero attached hydrogens (tertiary/aromatic N) is 2. The fraction of sp³-hybridized carbons (Fsp3) is 0.158. The van der Waals surface area contributed by atoms with E-state index in [4.69, 9.17) is 4.84 Å². The number of fused-ring (bicyclic) bond motifs is 1. The van der Waals surface area contributed by atoms with E-state index in [9.17, 15) is 27.6 Å². The van der Waals surface area contributed by atoms with Gasteiger partial charge in [-0.1, -0.05) is 23.3 Å². The van der Waals surface area contributed by atoms with Crippen molar-refractivity contribution in [3.8, 4) is 0 Å². The summed E-state index contributed by atoms with van der Waals surface area (Å²) >= 11 is 0. The van der Waals surface area contributed by atoms with Crippen molar-refractivity contribution in [3.63, 3.8) is 0 Å². The van der Waals surface area contributed by atoms with Gasteiger partial charge in [-0.05, 0) is 30.3 Å². The van der Waals surface area contributed by atoms with Crippen LogP contribution in [0.3, 0.4) is 0 Å². The van der Waals surface area contributed by atoms with E-state index in [2.05, 4.69) is 5.32 Å². The summed E-state index contributed by atoms with van der Waals surface area (Å²) < 4.78 is 25.3. The van der Waals surface area contributed by atoms with Crippen LogP contribution in [0.4, 0.5) is 0 Å². The third-order valence-electron chi connectivity index (χ3n) is 4.22. The smallest absolute Gasteiger partial charge is 0.341 e. The van der Waals surface area contributed by atoms with Crippen LogP contribution in [0.5, 0.6) is 0 Å². The third-order valence-corrected chi connectivity index (χ3v) is 6.03. The molecule has 11 heteroatoms. The molecule has 0 unspecified atom stereocenters. The summed E-state index contributed by atoms with van der Waals surface area (Å²) in [5, 5.41) is 2.60. The largest absolute Gasteiger partial charge is 0.352 e. The number of carbonyl (C=O) groups is 4. The van der Waals surface area contributed by atoms with Gasteiger partial charge in [-0.2, -0.15) is 0 Å². The molecule has 1 aliphatic heterocycles. The first kappa shape index (κ1) is 21.1. The van der Waals surface area contributed by atoms with Crippen molar-refractivity contribution in [1.29, 1.82) is 0 Å². The highest BCUT2D eigenvalue weighted by Gasteiger charge is 2.38.